The van der Waals surface area contributed by atoms with Crippen molar-refractivity contribution in [3.63, 3.8) is 0 Å². The molecular weight excluding hydrogens is 374 g/mol. The third-order valence-corrected chi connectivity index (χ3v) is 5.37. The molecule has 5 amide bonds. The van der Waals surface area contributed by atoms with E-state index in [2.05, 4.69) is 16.1 Å². The van der Waals surface area contributed by atoms with Crippen molar-refractivity contribution in [2.75, 3.05) is 25.5 Å². The van der Waals surface area contributed by atoms with Crippen molar-refractivity contribution in [2.24, 2.45) is 0 Å². The summed E-state index contributed by atoms with van der Waals surface area (Å²) in [5.74, 6) is -1.12. The number of aryl methyl sites for hydroxylation is 1. The van der Waals surface area contributed by atoms with E-state index in [4.69, 9.17) is 0 Å². The van der Waals surface area contributed by atoms with Gasteiger partial charge in [-0.3, -0.25) is 19.8 Å². The van der Waals surface area contributed by atoms with Crippen LogP contribution in [0.15, 0.2) is 24.3 Å². The van der Waals surface area contributed by atoms with E-state index >= 15 is 0 Å². The fourth-order valence-corrected chi connectivity index (χ4v) is 3.83. The fourth-order valence-electron chi connectivity index (χ4n) is 3.83. The number of hydrogen-bond donors (Lipinski definition) is 4. The Bertz CT molecular complexity index is 802. The van der Waals surface area contributed by atoms with Gasteiger partial charge in [0.15, 0.2) is 13.1 Å². The van der Waals surface area contributed by atoms with Gasteiger partial charge in [-0.05, 0) is 31.9 Å². The summed E-state index contributed by atoms with van der Waals surface area (Å²) in [5.41, 5.74) is 3.30. The molecular formula is C20H28N5O4+. The summed E-state index contributed by atoms with van der Waals surface area (Å²) in [6, 6.07) is 6.83. The molecule has 3 rings (SSSR count). The average Bonchev–Trinajstić information content (AvgIpc) is 2.88. The molecule has 1 unspecified atom stereocenters. The molecule has 2 fully saturated rings. The summed E-state index contributed by atoms with van der Waals surface area (Å²) in [5, 5.41) is 6.31. The van der Waals surface area contributed by atoms with Crippen LogP contribution in [0.1, 0.15) is 37.7 Å². The molecule has 1 spiro atoms. The Morgan fingerprint density at radius 3 is 2.34 bits per heavy atom. The maximum absolute atomic E-state index is 12.7. The first-order valence-corrected chi connectivity index (χ1v) is 9.93. The zero-order chi connectivity index (χ0) is 21.0. The molecule has 1 aromatic carbocycles. The molecule has 9 heteroatoms. The van der Waals surface area contributed by atoms with E-state index in [-0.39, 0.29) is 19.0 Å². The van der Waals surface area contributed by atoms with E-state index in [1.54, 1.807) is 7.05 Å². The third-order valence-electron chi connectivity index (χ3n) is 5.37. The zero-order valence-corrected chi connectivity index (χ0v) is 16.8. The molecule has 1 aliphatic carbocycles. The minimum absolute atomic E-state index is 0.0502. The van der Waals surface area contributed by atoms with Crippen LogP contribution in [0.4, 0.5) is 10.5 Å². The van der Waals surface area contributed by atoms with Gasteiger partial charge in [0.05, 0.1) is 7.05 Å². The summed E-state index contributed by atoms with van der Waals surface area (Å²) in [6.07, 6.45) is 3.96. The van der Waals surface area contributed by atoms with Crippen molar-refractivity contribution in [1.82, 2.24) is 15.8 Å². The molecule has 1 aliphatic heterocycles. The molecule has 1 saturated carbocycles. The monoisotopic (exact) mass is 402 g/mol. The number of benzene rings is 1. The highest BCUT2D eigenvalue weighted by Gasteiger charge is 2.52. The Morgan fingerprint density at radius 1 is 1.07 bits per heavy atom. The number of nitrogens with zero attached hydrogens (tertiary/aromatic N) is 1. The van der Waals surface area contributed by atoms with Crippen LogP contribution in [0.2, 0.25) is 0 Å². The van der Waals surface area contributed by atoms with Crippen LogP contribution in [-0.2, 0) is 14.4 Å². The maximum atomic E-state index is 12.7. The van der Waals surface area contributed by atoms with Gasteiger partial charge < -0.3 is 15.5 Å². The fraction of sp³-hybridized carbons (Fsp3) is 0.500. The summed E-state index contributed by atoms with van der Waals surface area (Å²) in [7, 11) is 1.70. The second-order valence-electron chi connectivity index (χ2n) is 7.97. The van der Waals surface area contributed by atoms with Crippen LogP contribution in [0.25, 0.3) is 0 Å². The lowest BCUT2D eigenvalue weighted by Crippen LogP contribution is -3.11. The first-order valence-electron chi connectivity index (χ1n) is 9.93. The number of likely N-dealkylation sites (N-methyl/N-ethyl adjacent to an activating group) is 1. The van der Waals surface area contributed by atoms with Crippen LogP contribution < -0.4 is 21.0 Å². The van der Waals surface area contributed by atoms with Gasteiger partial charge in [-0.15, -0.1) is 0 Å². The number of imide groups is 1. The van der Waals surface area contributed by atoms with Gasteiger partial charge in [-0.25, -0.2) is 4.79 Å². The Morgan fingerprint density at radius 2 is 1.69 bits per heavy atom. The lowest BCUT2D eigenvalue weighted by molar-refractivity contribution is -0.862. The number of quaternary nitrogens is 1. The highest BCUT2D eigenvalue weighted by atomic mass is 16.2. The Hall–Kier alpha value is -2.94. The zero-order valence-electron chi connectivity index (χ0n) is 16.8. The normalized spacial score (nSPS) is 19.0. The van der Waals surface area contributed by atoms with Crippen LogP contribution in [0.5, 0.6) is 0 Å². The van der Waals surface area contributed by atoms with Crippen molar-refractivity contribution in [3.05, 3.63) is 29.8 Å². The van der Waals surface area contributed by atoms with Crippen LogP contribution in [0, 0.1) is 6.92 Å². The van der Waals surface area contributed by atoms with Crippen molar-refractivity contribution in [2.45, 2.75) is 44.6 Å². The molecule has 9 nitrogen and oxygen atoms in total. The number of hydrazine groups is 1. The van der Waals surface area contributed by atoms with Gasteiger partial charge in [0.1, 0.15) is 5.54 Å². The molecule has 0 bridgehead atoms. The first-order chi connectivity index (χ1) is 13.8. The van der Waals surface area contributed by atoms with Gasteiger partial charge in [0, 0.05) is 5.69 Å². The highest BCUT2D eigenvalue weighted by Crippen LogP contribution is 2.32. The van der Waals surface area contributed by atoms with Crippen LogP contribution >= 0.6 is 0 Å². The van der Waals surface area contributed by atoms with Crippen molar-refractivity contribution in [1.29, 1.82) is 0 Å². The SMILES string of the molecule is Cc1ccc(NC(=O)C[NH+](C)CC(=O)NN2C(=O)NC3(CCCCC3)C2=O)cc1. The molecule has 1 saturated heterocycles. The standard InChI is InChI=1S/C20H27N5O4/c1-14-6-8-15(9-7-14)21-16(26)12-24(2)13-17(27)23-25-18(28)20(22-19(25)29)10-4-3-5-11-20/h6-9H,3-5,10-13H2,1-2H3,(H,21,26)(H,22,29)(H,23,27)/p+1. The largest absolute Gasteiger partial charge is 0.344 e. The number of nitrogens with one attached hydrogen (secondary N) is 4. The Kier molecular flexibility index (Phi) is 6.17. The molecule has 1 heterocycles. The Balaban J connectivity index is 1.48. The number of amides is 5. The van der Waals surface area contributed by atoms with E-state index < -0.39 is 23.4 Å². The maximum Gasteiger partial charge on any atom is 0.344 e. The lowest BCUT2D eigenvalue weighted by Gasteiger charge is -2.30. The minimum Gasteiger partial charge on any atom is -0.322 e. The smallest absolute Gasteiger partial charge is 0.322 e. The lowest BCUT2D eigenvalue weighted by atomic mass is 9.82. The Labute approximate surface area is 169 Å². The summed E-state index contributed by atoms with van der Waals surface area (Å²) in [4.78, 5) is 50.0. The van der Waals surface area contributed by atoms with Gasteiger partial charge in [0.25, 0.3) is 17.7 Å². The number of rotatable bonds is 6. The number of anilines is 1. The van der Waals surface area contributed by atoms with Crippen LogP contribution in [0.3, 0.4) is 0 Å². The first kappa shape index (κ1) is 20.8. The second kappa shape index (κ2) is 8.60. The molecule has 1 atom stereocenters. The number of carbonyl (C=O) groups excluding carboxylic acids is 4. The molecule has 0 radical (unpaired) electrons. The van der Waals surface area contributed by atoms with Crippen molar-refractivity contribution in [3.8, 4) is 0 Å². The second-order valence-corrected chi connectivity index (χ2v) is 7.97. The predicted octanol–water partition coefficient (Wildman–Crippen LogP) is -0.266. The summed E-state index contributed by atoms with van der Waals surface area (Å²) < 4.78 is 0. The third kappa shape index (κ3) is 4.92. The molecule has 2 aliphatic rings. The van der Waals surface area contributed by atoms with E-state index in [0.717, 1.165) is 29.8 Å². The van der Waals surface area contributed by atoms with E-state index in [1.165, 1.54) is 0 Å². The number of carbonyl (C=O) groups is 4. The predicted molar refractivity (Wildman–Crippen MR) is 106 cm³/mol. The van der Waals surface area contributed by atoms with Crippen molar-refractivity contribution < 1.29 is 24.1 Å². The number of urea groups is 1. The highest BCUT2D eigenvalue weighted by molar-refractivity contribution is 6.08. The quantitative estimate of drug-likeness (QED) is 0.491. The van der Waals surface area contributed by atoms with E-state index in [0.29, 0.717) is 23.4 Å². The van der Waals surface area contributed by atoms with Crippen LogP contribution in [-0.4, -0.2) is 54.4 Å². The number of hydrogen-bond acceptors (Lipinski definition) is 4. The minimum atomic E-state index is -0.880. The van der Waals surface area contributed by atoms with E-state index in [9.17, 15) is 19.2 Å². The molecule has 29 heavy (non-hydrogen) atoms. The van der Waals surface area contributed by atoms with Gasteiger partial charge in [0.2, 0.25) is 0 Å². The van der Waals surface area contributed by atoms with E-state index in [1.807, 2.05) is 31.2 Å². The molecule has 156 valence electrons. The van der Waals surface area contributed by atoms with Gasteiger partial charge in [-0.1, -0.05) is 37.0 Å². The molecule has 0 aromatic heterocycles. The topological polar surface area (TPSA) is 112 Å². The summed E-state index contributed by atoms with van der Waals surface area (Å²) >= 11 is 0. The van der Waals surface area contributed by atoms with Crippen molar-refractivity contribution >= 4 is 29.4 Å². The average molecular weight is 402 g/mol. The molecule has 1 aromatic rings. The summed E-state index contributed by atoms with van der Waals surface area (Å²) in [6.45, 7) is 1.99. The van der Waals surface area contributed by atoms with Gasteiger partial charge in [-0.2, -0.15) is 5.01 Å². The molecule has 4 N–H and O–H groups in total. The van der Waals surface area contributed by atoms with Gasteiger partial charge >= 0.3 is 6.03 Å².